The largest absolute Gasteiger partial charge is 0.352 e. The number of amides is 2. The first kappa shape index (κ1) is 32.6. The maximum absolute atomic E-state index is 13.9. The number of anilines is 1. The summed E-state index contributed by atoms with van der Waals surface area (Å²) in [6, 6.07) is 11.0. The molecule has 45 heavy (non-hydrogen) atoms. The Morgan fingerprint density at radius 3 is 2.51 bits per heavy atom. The predicted molar refractivity (Wildman–Crippen MR) is 177 cm³/mol. The van der Waals surface area contributed by atoms with Gasteiger partial charge in [0, 0.05) is 43.3 Å². The van der Waals surface area contributed by atoms with Crippen molar-refractivity contribution >= 4 is 38.4 Å². The molecule has 1 aliphatic carbocycles. The third-order valence-corrected chi connectivity index (χ3v) is 11.0. The van der Waals surface area contributed by atoms with Gasteiger partial charge >= 0.3 is 0 Å². The molecule has 5 rings (SSSR count). The van der Waals surface area contributed by atoms with Gasteiger partial charge in [0.15, 0.2) is 0 Å². The Bertz CT molecular complexity index is 1630. The van der Waals surface area contributed by atoms with Crippen LogP contribution < -0.4 is 20.3 Å². The van der Waals surface area contributed by atoms with E-state index in [0.29, 0.717) is 25.1 Å². The molecule has 2 amide bonds. The van der Waals surface area contributed by atoms with Crippen LogP contribution in [-0.2, 0) is 34.2 Å². The number of aromatic nitrogens is 1. The predicted octanol–water partition coefficient (Wildman–Crippen LogP) is 3.89. The van der Waals surface area contributed by atoms with Gasteiger partial charge in [-0.3, -0.25) is 13.9 Å². The Balaban J connectivity index is 1.39. The van der Waals surface area contributed by atoms with E-state index >= 15 is 0 Å². The van der Waals surface area contributed by atoms with Crippen LogP contribution in [0.4, 0.5) is 5.69 Å². The van der Waals surface area contributed by atoms with Crippen molar-refractivity contribution in [3.63, 3.8) is 0 Å². The molecule has 242 valence electrons. The highest BCUT2D eigenvalue weighted by Gasteiger charge is 2.31. The van der Waals surface area contributed by atoms with Crippen LogP contribution in [0.5, 0.6) is 0 Å². The van der Waals surface area contributed by atoms with E-state index in [-0.39, 0.29) is 29.8 Å². The van der Waals surface area contributed by atoms with E-state index in [1.807, 2.05) is 48.0 Å². The summed E-state index contributed by atoms with van der Waals surface area (Å²) < 4.78 is 29.2. The van der Waals surface area contributed by atoms with Crippen LogP contribution in [0, 0.1) is 4.91 Å². The average Bonchev–Trinajstić information content (AvgIpc) is 3.37. The number of hydrogen-bond acceptors (Lipinski definition) is 7. The first-order valence-electron chi connectivity index (χ1n) is 15.9. The Kier molecular flexibility index (Phi) is 10.2. The molecule has 2 heterocycles. The first-order chi connectivity index (χ1) is 21.6. The lowest BCUT2D eigenvalue weighted by Gasteiger charge is -2.27. The summed E-state index contributed by atoms with van der Waals surface area (Å²) in [5, 5.41) is 13.5. The lowest BCUT2D eigenvalue weighted by Crippen LogP contribution is -2.52. The molecule has 3 atom stereocenters. The molecule has 11 nitrogen and oxygen atoms in total. The normalized spacial score (nSPS) is 18.5. The van der Waals surface area contributed by atoms with Gasteiger partial charge in [0.1, 0.15) is 6.04 Å². The average molecular weight is 637 g/mol. The molecule has 3 aromatic rings. The fraction of sp³-hybridized carbons (Fsp3) is 0.515. The fourth-order valence-corrected chi connectivity index (χ4v) is 7.66. The van der Waals surface area contributed by atoms with Crippen molar-refractivity contribution in [2.45, 2.75) is 89.5 Å². The van der Waals surface area contributed by atoms with Gasteiger partial charge in [-0.25, -0.2) is 8.42 Å². The maximum atomic E-state index is 13.9. The molecule has 1 saturated carbocycles. The van der Waals surface area contributed by atoms with Crippen LogP contribution >= 0.6 is 0 Å². The smallest absolute Gasteiger partial charge is 0.251 e. The van der Waals surface area contributed by atoms with Gasteiger partial charge in [0.25, 0.3) is 5.91 Å². The van der Waals surface area contributed by atoms with E-state index < -0.39 is 34.1 Å². The van der Waals surface area contributed by atoms with Gasteiger partial charge in [-0.15, -0.1) is 0 Å². The fourth-order valence-electron chi connectivity index (χ4n) is 6.47. The van der Waals surface area contributed by atoms with E-state index in [4.69, 9.17) is 0 Å². The molecule has 0 saturated heterocycles. The number of nitrogens with zero attached hydrogens (tertiary/aromatic N) is 3. The Morgan fingerprint density at radius 1 is 1.09 bits per heavy atom. The molecule has 1 unspecified atom stereocenters. The molecular weight excluding hydrogens is 592 g/mol. The van der Waals surface area contributed by atoms with Gasteiger partial charge in [-0.05, 0) is 62.8 Å². The minimum atomic E-state index is -3.56. The van der Waals surface area contributed by atoms with Crippen LogP contribution in [0.3, 0.4) is 0 Å². The monoisotopic (exact) mass is 636 g/mol. The number of rotatable bonds is 12. The molecule has 12 heteroatoms. The summed E-state index contributed by atoms with van der Waals surface area (Å²) in [5.74, 6) is -0.574. The zero-order chi connectivity index (χ0) is 32.1. The summed E-state index contributed by atoms with van der Waals surface area (Å²) >= 11 is 0. The number of benzene rings is 2. The van der Waals surface area contributed by atoms with Crippen LogP contribution in [0.25, 0.3) is 10.9 Å². The van der Waals surface area contributed by atoms with Gasteiger partial charge in [0.05, 0.1) is 29.0 Å². The second kappa shape index (κ2) is 14.1. The molecule has 2 aliphatic rings. The van der Waals surface area contributed by atoms with Gasteiger partial charge in [-0.2, -0.15) is 4.91 Å². The van der Waals surface area contributed by atoms with Gasteiger partial charge < -0.3 is 20.5 Å². The number of hydrogen-bond donors (Lipinski definition) is 3. The molecule has 3 N–H and O–H groups in total. The molecule has 1 aromatic heterocycles. The molecule has 1 fully saturated rings. The molecule has 2 aromatic carbocycles. The number of carbonyl (C=O) groups is 2. The molecule has 1 aliphatic heterocycles. The molecular formula is C33H44N6O5S. The SMILES string of the molecule is CCn1cc2c3c(cc(C(=O)N[C@@H](Cc4ccccc4)[C@@H](CNC(C)C(=O)NC4CCCCC4)N=O)cc31)N(C)S(=O)(=O)CC2. The lowest BCUT2D eigenvalue weighted by molar-refractivity contribution is -0.123. The van der Waals surface area contributed by atoms with Gasteiger partial charge in [-0.1, -0.05) is 54.8 Å². The summed E-state index contributed by atoms with van der Waals surface area (Å²) in [5.41, 5.74) is 3.37. The minimum absolute atomic E-state index is 0.0154. The third-order valence-electron chi connectivity index (χ3n) is 9.22. The number of nitroso groups, excluding NO2 is 1. The second-order valence-electron chi connectivity index (χ2n) is 12.3. The van der Waals surface area contributed by atoms with Crippen LogP contribution in [0.15, 0.2) is 53.8 Å². The van der Waals surface area contributed by atoms with Crippen molar-refractivity contribution in [3.05, 3.63) is 70.3 Å². The number of nitrogens with one attached hydrogen (secondary N) is 3. The van der Waals surface area contributed by atoms with E-state index in [1.165, 1.54) is 17.8 Å². The number of sulfonamides is 1. The highest BCUT2D eigenvalue weighted by Crippen LogP contribution is 2.37. The minimum Gasteiger partial charge on any atom is -0.352 e. The summed E-state index contributed by atoms with van der Waals surface area (Å²) in [4.78, 5) is 39.0. The Morgan fingerprint density at radius 2 is 1.82 bits per heavy atom. The van der Waals surface area contributed by atoms with Crippen LogP contribution in [0.2, 0.25) is 0 Å². The van der Waals surface area contributed by atoms with Crippen molar-refractivity contribution in [2.75, 3.05) is 23.7 Å². The lowest BCUT2D eigenvalue weighted by atomic mass is 9.95. The van der Waals surface area contributed by atoms with Crippen LogP contribution in [-0.4, -0.2) is 68.3 Å². The maximum Gasteiger partial charge on any atom is 0.251 e. The van der Waals surface area contributed by atoms with Crippen molar-refractivity contribution < 1.29 is 18.0 Å². The van der Waals surface area contributed by atoms with E-state index in [9.17, 15) is 22.9 Å². The molecule has 0 spiro atoms. The quantitative estimate of drug-likeness (QED) is 0.258. The van der Waals surface area contributed by atoms with E-state index in [0.717, 1.165) is 47.7 Å². The summed E-state index contributed by atoms with van der Waals surface area (Å²) in [6.07, 6.45) is 8.05. The van der Waals surface area contributed by atoms with Crippen molar-refractivity contribution in [2.24, 2.45) is 5.18 Å². The number of carbonyl (C=O) groups excluding carboxylic acids is 2. The van der Waals surface area contributed by atoms with Crippen molar-refractivity contribution in [1.82, 2.24) is 20.5 Å². The first-order valence-corrected chi connectivity index (χ1v) is 17.6. The Labute approximate surface area is 265 Å². The van der Waals surface area contributed by atoms with E-state index in [1.54, 1.807) is 19.1 Å². The summed E-state index contributed by atoms with van der Waals surface area (Å²) in [6.45, 7) is 4.51. The zero-order valence-corrected chi connectivity index (χ0v) is 27.1. The summed E-state index contributed by atoms with van der Waals surface area (Å²) in [7, 11) is -2.04. The van der Waals surface area contributed by atoms with E-state index in [2.05, 4.69) is 21.1 Å². The number of aryl methyl sites for hydroxylation is 2. The standard InChI is InChI=1S/C33H44N6O5S/c1-4-39-21-24-15-16-45(43,44)38(3)29-18-25(19-30(39)31(24)29)33(41)36-27(17-23-11-7-5-8-12-23)28(37-42)20-34-22(2)32(40)35-26-13-9-6-10-14-26/h5,7-8,11-12,18-19,21-22,26-28,34H,4,6,9-10,13-17,20H2,1-3H3,(H,35,40)(H,36,41)/t22?,27-,28+/m0/s1. The highest BCUT2D eigenvalue weighted by atomic mass is 32.2. The van der Waals surface area contributed by atoms with Crippen molar-refractivity contribution in [3.8, 4) is 0 Å². The molecule has 0 bridgehead atoms. The Hall–Kier alpha value is -3.77. The topological polar surface area (TPSA) is 142 Å². The molecule has 0 radical (unpaired) electrons. The van der Waals surface area contributed by atoms with Crippen molar-refractivity contribution in [1.29, 1.82) is 0 Å². The van der Waals surface area contributed by atoms with Crippen LogP contribution in [0.1, 0.15) is 67.4 Å². The van der Waals surface area contributed by atoms with Gasteiger partial charge in [0.2, 0.25) is 15.9 Å². The third kappa shape index (κ3) is 7.38. The highest BCUT2D eigenvalue weighted by molar-refractivity contribution is 7.92. The second-order valence-corrected chi connectivity index (χ2v) is 14.4. The zero-order valence-electron chi connectivity index (χ0n) is 26.3.